The highest BCUT2D eigenvalue weighted by molar-refractivity contribution is 7.80. The second-order valence-corrected chi connectivity index (χ2v) is 6.42. The smallest absolute Gasteiger partial charge is 0.0733 e. The number of nitrogens with zero attached hydrogens (tertiary/aromatic N) is 1. The van der Waals surface area contributed by atoms with Crippen molar-refractivity contribution in [3.8, 4) is 0 Å². The maximum atomic E-state index is 5.67. The van der Waals surface area contributed by atoms with Gasteiger partial charge in [0.2, 0.25) is 0 Å². The van der Waals surface area contributed by atoms with Crippen molar-refractivity contribution in [1.29, 1.82) is 0 Å². The Kier molecular flexibility index (Phi) is 4.39. The summed E-state index contributed by atoms with van der Waals surface area (Å²) in [6.07, 6.45) is 5.95. The molecule has 1 heterocycles. The predicted molar refractivity (Wildman–Crippen MR) is 74.1 cm³/mol. The molecule has 1 aliphatic heterocycles. The van der Waals surface area contributed by atoms with E-state index in [-0.39, 0.29) is 0 Å². The highest BCUT2D eigenvalue weighted by Gasteiger charge is 2.43. The van der Waals surface area contributed by atoms with Gasteiger partial charge in [-0.2, -0.15) is 0 Å². The molecule has 2 aliphatic rings. The summed E-state index contributed by atoms with van der Waals surface area (Å²) >= 11 is 5.04. The SMILES string of the molecule is CN(CC1CCOCC1)CC1(CC(N)=S)CC1. The van der Waals surface area contributed by atoms with Gasteiger partial charge in [0.05, 0.1) is 4.99 Å². The molecule has 0 atom stereocenters. The summed E-state index contributed by atoms with van der Waals surface area (Å²) in [5.74, 6) is 0.814. The van der Waals surface area contributed by atoms with Crippen molar-refractivity contribution in [1.82, 2.24) is 4.90 Å². The van der Waals surface area contributed by atoms with Crippen molar-refractivity contribution in [2.45, 2.75) is 32.1 Å². The molecule has 3 nitrogen and oxygen atoms in total. The first-order valence-corrected chi connectivity index (χ1v) is 7.05. The Morgan fingerprint density at radius 2 is 2.06 bits per heavy atom. The zero-order valence-electron chi connectivity index (χ0n) is 10.8. The van der Waals surface area contributed by atoms with Gasteiger partial charge in [-0.1, -0.05) is 12.2 Å². The molecule has 1 saturated carbocycles. The summed E-state index contributed by atoms with van der Waals surface area (Å²) < 4.78 is 5.40. The topological polar surface area (TPSA) is 38.5 Å². The van der Waals surface area contributed by atoms with Gasteiger partial charge in [-0.25, -0.2) is 0 Å². The molecule has 17 heavy (non-hydrogen) atoms. The molecule has 2 fully saturated rings. The van der Waals surface area contributed by atoms with Crippen LogP contribution in [0.15, 0.2) is 0 Å². The van der Waals surface area contributed by atoms with Crippen LogP contribution in [0.1, 0.15) is 32.1 Å². The minimum atomic E-state index is 0.422. The van der Waals surface area contributed by atoms with Crippen LogP contribution in [0, 0.1) is 11.3 Å². The van der Waals surface area contributed by atoms with Crippen molar-refractivity contribution in [3.05, 3.63) is 0 Å². The maximum Gasteiger partial charge on any atom is 0.0733 e. The molecule has 0 unspecified atom stereocenters. The molecular weight excluding hydrogens is 232 g/mol. The third kappa shape index (κ3) is 4.19. The van der Waals surface area contributed by atoms with E-state index in [0.29, 0.717) is 10.4 Å². The molecule has 0 aromatic carbocycles. The Morgan fingerprint density at radius 1 is 1.41 bits per heavy atom. The van der Waals surface area contributed by atoms with E-state index in [2.05, 4.69) is 11.9 Å². The van der Waals surface area contributed by atoms with Crippen LogP contribution >= 0.6 is 12.2 Å². The molecule has 0 spiro atoms. The molecule has 0 amide bonds. The van der Waals surface area contributed by atoms with Crippen molar-refractivity contribution in [2.24, 2.45) is 17.1 Å². The molecule has 0 radical (unpaired) electrons. The van der Waals surface area contributed by atoms with Gasteiger partial charge in [0.25, 0.3) is 0 Å². The number of hydrogen-bond donors (Lipinski definition) is 1. The van der Waals surface area contributed by atoms with E-state index >= 15 is 0 Å². The van der Waals surface area contributed by atoms with E-state index in [4.69, 9.17) is 22.7 Å². The Labute approximate surface area is 110 Å². The number of thiocarbonyl (C=S) groups is 1. The first kappa shape index (κ1) is 13.2. The minimum Gasteiger partial charge on any atom is -0.393 e. The quantitative estimate of drug-likeness (QED) is 0.736. The number of rotatable bonds is 6. The molecule has 0 aromatic heterocycles. The van der Waals surface area contributed by atoms with Crippen molar-refractivity contribution >= 4 is 17.2 Å². The average Bonchev–Trinajstić information content (AvgIpc) is 2.97. The third-order valence-electron chi connectivity index (χ3n) is 4.02. The summed E-state index contributed by atoms with van der Waals surface area (Å²) in [4.78, 5) is 3.16. The summed E-state index contributed by atoms with van der Waals surface area (Å²) in [6.45, 7) is 4.23. The molecule has 1 aliphatic carbocycles. The van der Waals surface area contributed by atoms with Crippen molar-refractivity contribution in [2.75, 3.05) is 33.4 Å². The van der Waals surface area contributed by atoms with E-state index in [1.165, 1.54) is 32.2 Å². The predicted octanol–water partition coefficient (Wildman–Crippen LogP) is 1.80. The molecule has 98 valence electrons. The number of hydrogen-bond acceptors (Lipinski definition) is 3. The lowest BCUT2D eigenvalue weighted by molar-refractivity contribution is 0.0536. The number of nitrogens with two attached hydrogens (primary N) is 1. The summed E-state index contributed by atoms with van der Waals surface area (Å²) in [5.41, 5.74) is 6.10. The maximum absolute atomic E-state index is 5.67. The second-order valence-electron chi connectivity index (χ2n) is 5.90. The summed E-state index contributed by atoms with van der Waals surface area (Å²) in [6, 6.07) is 0. The van der Waals surface area contributed by atoms with E-state index in [9.17, 15) is 0 Å². The summed E-state index contributed by atoms with van der Waals surface area (Å²) in [5, 5.41) is 0. The van der Waals surface area contributed by atoms with E-state index in [0.717, 1.165) is 32.1 Å². The molecule has 1 saturated heterocycles. The van der Waals surface area contributed by atoms with Crippen LogP contribution < -0.4 is 5.73 Å². The van der Waals surface area contributed by atoms with Gasteiger partial charge >= 0.3 is 0 Å². The van der Waals surface area contributed by atoms with Gasteiger partial charge in [-0.3, -0.25) is 0 Å². The highest BCUT2D eigenvalue weighted by Crippen LogP contribution is 2.49. The van der Waals surface area contributed by atoms with Gasteiger partial charge in [0.1, 0.15) is 0 Å². The Balaban J connectivity index is 1.72. The molecule has 0 aromatic rings. The van der Waals surface area contributed by atoms with Crippen LogP contribution in [0.2, 0.25) is 0 Å². The van der Waals surface area contributed by atoms with Gasteiger partial charge in [-0.05, 0) is 44.1 Å². The van der Waals surface area contributed by atoms with Crippen LogP contribution in [0.4, 0.5) is 0 Å². The zero-order chi connectivity index (χ0) is 12.3. The largest absolute Gasteiger partial charge is 0.393 e. The molecule has 2 N–H and O–H groups in total. The highest BCUT2D eigenvalue weighted by atomic mass is 32.1. The Bertz CT molecular complexity index is 273. The fraction of sp³-hybridized carbons (Fsp3) is 0.923. The van der Waals surface area contributed by atoms with E-state index < -0.39 is 0 Å². The standard InChI is InChI=1S/C13H24N2OS/c1-15(9-11-2-6-16-7-3-11)10-13(4-5-13)8-12(14)17/h11H,2-10H2,1H3,(H2,14,17). The third-order valence-corrected chi connectivity index (χ3v) is 4.17. The molecule has 4 heteroatoms. The fourth-order valence-corrected chi connectivity index (χ4v) is 3.25. The lowest BCUT2D eigenvalue weighted by atomic mass is 9.97. The molecule has 2 rings (SSSR count). The minimum absolute atomic E-state index is 0.422. The van der Waals surface area contributed by atoms with Crippen LogP contribution in [-0.2, 0) is 4.74 Å². The number of ether oxygens (including phenoxy) is 1. The van der Waals surface area contributed by atoms with Gasteiger partial charge in [-0.15, -0.1) is 0 Å². The van der Waals surface area contributed by atoms with Crippen LogP contribution in [0.25, 0.3) is 0 Å². The first-order valence-electron chi connectivity index (χ1n) is 6.64. The molecular formula is C13H24N2OS. The van der Waals surface area contributed by atoms with Crippen LogP contribution in [0.3, 0.4) is 0 Å². The Morgan fingerprint density at radius 3 is 2.59 bits per heavy atom. The fourth-order valence-electron chi connectivity index (χ4n) is 2.94. The van der Waals surface area contributed by atoms with Crippen LogP contribution in [-0.4, -0.2) is 43.2 Å². The lowest BCUT2D eigenvalue weighted by Crippen LogP contribution is -2.34. The van der Waals surface area contributed by atoms with Crippen LogP contribution in [0.5, 0.6) is 0 Å². The first-order chi connectivity index (χ1) is 8.10. The van der Waals surface area contributed by atoms with E-state index in [1.54, 1.807) is 0 Å². The van der Waals surface area contributed by atoms with Crippen molar-refractivity contribution in [3.63, 3.8) is 0 Å². The Hall–Kier alpha value is -0.190. The monoisotopic (exact) mass is 256 g/mol. The average molecular weight is 256 g/mol. The second kappa shape index (κ2) is 5.63. The summed E-state index contributed by atoms with van der Waals surface area (Å²) in [7, 11) is 2.23. The van der Waals surface area contributed by atoms with E-state index in [1.807, 2.05) is 0 Å². The van der Waals surface area contributed by atoms with Gasteiger partial charge < -0.3 is 15.4 Å². The van der Waals surface area contributed by atoms with Gasteiger partial charge in [0, 0.05) is 32.7 Å². The van der Waals surface area contributed by atoms with Crippen molar-refractivity contribution < 1.29 is 4.74 Å². The zero-order valence-corrected chi connectivity index (χ0v) is 11.6. The molecule has 0 bridgehead atoms. The van der Waals surface area contributed by atoms with Gasteiger partial charge in [0.15, 0.2) is 0 Å². The lowest BCUT2D eigenvalue weighted by Gasteiger charge is -2.29. The normalized spacial score (nSPS) is 23.9.